The number of hydrogen-bond donors (Lipinski definition) is 1. The van der Waals surface area contributed by atoms with E-state index >= 15 is 0 Å². The number of hydrogen-bond acceptors (Lipinski definition) is 7. The number of carbonyl (C=O) groups excluding carboxylic acids is 2. The average Bonchev–Trinajstić information content (AvgIpc) is 2.69. The Balaban J connectivity index is 2.16. The molecule has 2 rings (SSSR count). The number of ether oxygens (including phenoxy) is 4. The highest BCUT2D eigenvalue weighted by molar-refractivity contribution is 5.89. The van der Waals surface area contributed by atoms with Crippen LogP contribution in [0.4, 0.5) is 0 Å². The third-order valence-corrected chi connectivity index (χ3v) is 4.10. The van der Waals surface area contributed by atoms with Crippen molar-refractivity contribution in [3.05, 3.63) is 35.9 Å². The van der Waals surface area contributed by atoms with Gasteiger partial charge in [-0.2, -0.15) is 0 Å². The van der Waals surface area contributed by atoms with Crippen molar-refractivity contribution in [3.8, 4) is 0 Å². The number of carbonyl (C=O) groups is 2. The summed E-state index contributed by atoms with van der Waals surface area (Å²) in [5.74, 6) is -1.10. The fourth-order valence-electron chi connectivity index (χ4n) is 2.57. The van der Waals surface area contributed by atoms with Gasteiger partial charge in [0, 0.05) is 6.61 Å². The molecule has 4 atom stereocenters. The molecule has 2 N–H and O–H groups in total. The van der Waals surface area contributed by atoms with Crippen molar-refractivity contribution in [1.82, 2.24) is 0 Å². The molecule has 7 nitrogen and oxygen atoms in total. The van der Waals surface area contributed by atoms with Gasteiger partial charge in [0.05, 0.1) is 18.8 Å². The summed E-state index contributed by atoms with van der Waals surface area (Å²) in [4.78, 5) is 24.5. The Bertz CT molecular complexity index is 579. The molecule has 1 aliphatic rings. The summed E-state index contributed by atoms with van der Waals surface area (Å²) in [5, 5.41) is 0. The molecule has 1 saturated heterocycles. The summed E-state index contributed by atoms with van der Waals surface area (Å²) in [6.07, 6.45) is -0.230. The van der Waals surface area contributed by atoms with E-state index in [0.717, 1.165) is 12.8 Å². The van der Waals surface area contributed by atoms with Crippen LogP contribution < -0.4 is 5.73 Å². The molecule has 0 bridgehead atoms. The molecule has 0 amide bonds. The van der Waals surface area contributed by atoms with Crippen LogP contribution in [-0.2, 0) is 23.7 Å². The van der Waals surface area contributed by atoms with E-state index in [-0.39, 0.29) is 13.2 Å². The van der Waals surface area contributed by atoms with Gasteiger partial charge in [0.1, 0.15) is 18.2 Å². The Hall–Kier alpha value is -1.96. The van der Waals surface area contributed by atoms with Crippen molar-refractivity contribution < 1.29 is 28.5 Å². The van der Waals surface area contributed by atoms with Crippen molar-refractivity contribution in [2.45, 2.75) is 51.0 Å². The molecule has 1 aliphatic heterocycles. The van der Waals surface area contributed by atoms with Crippen LogP contribution >= 0.6 is 0 Å². The van der Waals surface area contributed by atoms with E-state index in [1.165, 1.54) is 0 Å². The Morgan fingerprint density at radius 2 is 2.00 bits per heavy atom. The first kappa shape index (κ1) is 20.4. The van der Waals surface area contributed by atoms with Crippen LogP contribution in [0.25, 0.3) is 0 Å². The number of unbranched alkanes of at least 4 members (excludes halogenated alkanes) is 1. The number of benzene rings is 1. The fraction of sp³-hybridized carbons (Fsp3) is 0.579. The summed E-state index contributed by atoms with van der Waals surface area (Å²) in [7, 11) is 0. The maximum atomic E-state index is 12.5. The second kappa shape index (κ2) is 10.3. The largest absolute Gasteiger partial charge is 0.457 e. The molecule has 1 fully saturated rings. The van der Waals surface area contributed by atoms with Gasteiger partial charge in [-0.25, -0.2) is 4.79 Å². The summed E-state index contributed by atoms with van der Waals surface area (Å²) in [6.45, 7) is 4.40. The van der Waals surface area contributed by atoms with Gasteiger partial charge in [-0.3, -0.25) is 4.79 Å². The highest BCUT2D eigenvalue weighted by atomic mass is 16.6. The minimum atomic E-state index is -0.877. The van der Waals surface area contributed by atoms with Crippen molar-refractivity contribution in [2.75, 3.05) is 19.8 Å². The van der Waals surface area contributed by atoms with E-state index in [9.17, 15) is 9.59 Å². The van der Waals surface area contributed by atoms with Crippen LogP contribution in [0.1, 0.15) is 37.0 Å². The SMILES string of the molecule is CCCCO[C@H]1COC[C@H](N)C(=O)O[C@@H](C)[C@@H]1OC(=O)c1ccccc1. The topological polar surface area (TPSA) is 97.1 Å². The molecule has 0 unspecified atom stereocenters. The third-order valence-electron chi connectivity index (χ3n) is 4.10. The predicted molar refractivity (Wildman–Crippen MR) is 94.6 cm³/mol. The first-order valence-corrected chi connectivity index (χ1v) is 8.94. The van der Waals surface area contributed by atoms with Gasteiger partial charge in [0.25, 0.3) is 0 Å². The summed E-state index contributed by atoms with van der Waals surface area (Å²) in [6, 6.07) is 7.76. The van der Waals surface area contributed by atoms with Crippen molar-refractivity contribution in [3.63, 3.8) is 0 Å². The van der Waals surface area contributed by atoms with E-state index in [0.29, 0.717) is 12.2 Å². The third kappa shape index (κ3) is 5.79. The van der Waals surface area contributed by atoms with Crippen molar-refractivity contribution in [2.24, 2.45) is 5.73 Å². The maximum absolute atomic E-state index is 12.5. The lowest BCUT2D eigenvalue weighted by Gasteiger charge is -2.30. The molecule has 0 saturated carbocycles. The molecule has 144 valence electrons. The predicted octanol–water partition coefficient (Wildman–Crippen LogP) is 1.69. The molecule has 0 aromatic heterocycles. The summed E-state index contributed by atoms with van der Waals surface area (Å²) in [5.41, 5.74) is 6.15. The minimum absolute atomic E-state index is 0.0263. The van der Waals surface area contributed by atoms with Gasteiger partial charge in [0.15, 0.2) is 6.10 Å². The van der Waals surface area contributed by atoms with E-state index in [4.69, 9.17) is 24.7 Å². The molecule has 0 spiro atoms. The molecule has 7 heteroatoms. The lowest BCUT2D eigenvalue weighted by atomic mass is 10.1. The van der Waals surface area contributed by atoms with E-state index < -0.39 is 36.3 Å². The summed E-state index contributed by atoms with van der Waals surface area (Å²) < 4.78 is 22.4. The normalized spacial score (nSPS) is 27.0. The molecule has 1 aromatic rings. The molecular weight excluding hydrogens is 338 g/mol. The fourth-order valence-corrected chi connectivity index (χ4v) is 2.57. The van der Waals surface area contributed by atoms with E-state index in [2.05, 4.69) is 6.92 Å². The van der Waals surface area contributed by atoms with Gasteiger partial charge in [-0.1, -0.05) is 31.5 Å². The zero-order valence-corrected chi connectivity index (χ0v) is 15.3. The smallest absolute Gasteiger partial charge is 0.338 e. The van der Waals surface area contributed by atoms with Crippen LogP contribution in [-0.4, -0.2) is 56.1 Å². The Morgan fingerprint density at radius 1 is 1.27 bits per heavy atom. The standard InChI is InChI=1S/C19H27NO6/c1-3-4-10-24-16-12-23-11-15(20)19(22)25-13(2)17(16)26-18(21)14-8-6-5-7-9-14/h5-9,13,15-17H,3-4,10-12,20H2,1-2H3/t13-,15-,16-,17-/m0/s1. The highest BCUT2D eigenvalue weighted by Gasteiger charge is 2.36. The van der Waals surface area contributed by atoms with Gasteiger partial charge in [-0.15, -0.1) is 0 Å². The van der Waals surface area contributed by atoms with Gasteiger partial charge in [-0.05, 0) is 25.5 Å². The minimum Gasteiger partial charge on any atom is -0.457 e. The molecule has 1 heterocycles. The first-order valence-electron chi connectivity index (χ1n) is 8.94. The quantitative estimate of drug-likeness (QED) is 0.605. The summed E-state index contributed by atoms with van der Waals surface area (Å²) >= 11 is 0. The first-order chi connectivity index (χ1) is 12.5. The van der Waals surface area contributed by atoms with Crippen LogP contribution in [0.5, 0.6) is 0 Å². The van der Waals surface area contributed by atoms with Crippen molar-refractivity contribution in [1.29, 1.82) is 0 Å². The maximum Gasteiger partial charge on any atom is 0.338 e. The van der Waals surface area contributed by atoms with Crippen LogP contribution in [0.15, 0.2) is 30.3 Å². The molecule has 1 aromatic carbocycles. The average molecular weight is 365 g/mol. The van der Waals surface area contributed by atoms with Crippen LogP contribution in [0.2, 0.25) is 0 Å². The second-order valence-electron chi connectivity index (χ2n) is 6.28. The zero-order chi connectivity index (χ0) is 18.9. The van der Waals surface area contributed by atoms with Gasteiger partial charge >= 0.3 is 11.9 Å². The molecule has 26 heavy (non-hydrogen) atoms. The Morgan fingerprint density at radius 3 is 2.69 bits per heavy atom. The Kier molecular flexibility index (Phi) is 8.03. The number of rotatable bonds is 6. The van der Waals surface area contributed by atoms with Gasteiger partial charge in [0.2, 0.25) is 0 Å². The second-order valence-corrected chi connectivity index (χ2v) is 6.28. The lowest BCUT2D eigenvalue weighted by molar-refractivity contribution is -0.161. The van der Waals surface area contributed by atoms with Crippen LogP contribution in [0, 0.1) is 0 Å². The monoisotopic (exact) mass is 365 g/mol. The van der Waals surface area contributed by atoms with Gasteiger partial charge < -0.3 is 24.7 Å². The lowest BCUT2D eigenvalue weighted by Crippen LogP contribution is -2.45. The Labute approximate surface area is 153 Å². The molecule has 0 radical (unpaired) electrons. The molecule has 0 aliphatic carbocycles. The molecular formula is C19H27NO6. The van der Waals surface area contributed by atoms with Crippen molar-refractivity contribution >= 4 is 11.9 Å². The van der Waals surface area contributed by atoms with E-state index in [1.807, 2.05) is 6.07 Å². The highest BCUT2D eigenvalue weighted by Crippen LogP contribution is 2.18. The number of nitrogens with two attached hydrogens (primary N) is 1. The van der Waals surface area contributed by atoms with Crippen LogP contribution in [0.3, 0.4) is 0 Å². The van der Waals surface area contributed by atoms with E-state index in [1.54, 1.807) is 31.2 Å². The zero-order valence-electron chi connectivity index (χ0n) is 15.3. The number of esters is 2. The number of cyclic esters (lactones) is 1.